The van der Waals surface area contributed by atoms with Crippen LogP contribution in [0.3, 0.4) is 0 Å². The predicted molar refractivity (Wildman–Crippen MR) is 96.0 cm³/mol. The molecule has 0 heterocycles. The third-order valence-corrected chi connectivity index (χ3v) is 3.54. The molecule has 0 rings (SSSR count). The molecule has 0 spiro atoms. The highest BCUT2D eigenvalue weighted by atomic mass is 16.4. The summed E-state index contributed by atoms with van der Waals surface area (Å²) in [4.78, 5) is 57.6. The molecule has 0 aromatic carbocycles. The van der Waals surface area contributed by atoms with Crippen molar-refractivity contribution in [1.82, 2.24) is 16.0 Å². The predicted octanol–water partition coefficient (Wildman–Crippen LogP) is -2.18. The number of carboxylic acids is 1. The van der Waals surface area contributed by atoms with E-state index < -0.39 is 54.3 Å². The van der Waals surface area contributed by atoms with Gasteiger partial charge in [-0.1, -0.05) is 13.8 Å². The molecule has 0 saturated heterocycles. The van der Waals surface area contributed by atoms with Crippen LogP contribution >= 0.6 is 0 Å². The number of nitrogens with one attached hydrogen (secondary N) is 3. The van der Waals surface area contributed by atoms with E-state index in [0.717, 1.165) is 0 Å². The fourth-order valence-electron chi connectivity index (χ4n) is 2.10. The van der Waals surface area contributed by atoms with Crippen LogP contribution in [0.4, 0.5) is 0 Å². The van der Waals surface area contributed by atoms with Gasteiger partial charge in [0.25, 0.3) is 0 Å². The highest BCUT2D eigenvalue weighted by molar-refractivity contribution is 5.93. The van der Waals surface area contributed by atoms with Crippen molar-refractivity contribution in [2.24, 2.45) is 17.4 Å². The Hall–Kier alpha value is -2.69. The van der Waals surface area contributed by atoms with E-state index in [-0.39, 0.29) is 25.2 Å². The highest BCUT2D eigenvalue weighted by Gasteiger charge is 2.26. The molecule has 0 aliphatic heterocycles. The minimum atomic E-state index is -1.21. The second-order valence-corrected chi connectivity index (χ2v) is 6.64. The van der Waals surface area contributed by atoms with Crippen molar-refractivity contribution in [1.29, 1.82) is 0 Å². The summed E-state index contributed by atoms with van der Waals surface area (Å²) in [5.74, 6) is -3.62. The summed E-state index contributed by atoms with van der Waals surface area (Å²) in [6.07, 6.45) is 0.272. The van der Waals surface area contributed by atoms with Crippen LogP contribution in [0.5, 0.6) is 0 Å². The van der Waals surface area contributed by atoms with Gasteiger partial charge in [0.15, 0.2) is 0 Å². The summed E-state index contributed by atoms with van der Waals surface area (Å²) >= 11 is 0. The molecule has 0 aromatic heterocycles. The Kier molecular flexibility index (Phi) is 10.7. The smallest absolute Gasteiger partial charge is 0.322 e. The molecule has 0 aliphatic rings. The fraction of sp³-hybridized carbons (Fsp3) is 0.688. The fourth-order valence-corrected chi connectivity index (χ4v) is 2.10. The number of carbonyl (C=O) groups is 5. The second-order valence-electron chi connectivity index (χ2n) is 6.64. The summed E-state index contributed by atoms with van der Waals surface area (Å²) in [5, 5.41) is 15.7. The molecule has 3 unspecified atom stereocenters. The van der Waals surface area contributed by atoms with Crippen molar-refractivity contribution >= 4 is 29.6 Å². The van der Waals surface area contributed by atoms with E-state index in [9.17, 15) is 24.0 Å². The van der Waals surface area contributed by atoms with Crippen molar-refractivity contribution in [2.75, 3.05) is 6.54 Å². The van der Waals surface area contributed by atoms with Gasteiger partial charge >= 0.3 is 5.97 Å². The van der Waals surface area contributed by atoms with E-state index in [0.29, 0.717) is 0 Å². The Labute approximate surface area is 157 Å². The minimum absolute atomic E-state index is 0.0447. The van der Waals surface area contributed by atoms with Crippen molar-refractivity contribution in [2.45, 2.75) is 58.2 Å². The molecule has 8 N–H and O–H groups in total. The molecular formula is C16H29N5O6. The summed E-state index contributed by atoms with van der Waals surface area (Å²) in [5.41, 5.74) is 10.6. The number of rotatable bonds is 12. The maximum absolute atomic E-state index is 12.3. The first-order valence-corrected chi connectivity index (χ1v) is 8.58. The maximum Gasteiger partial charge on any atom is 0.322 e. The van der Waals surface area contributed by atoms with Crippen molar-refractivity contribution in [3.63, 3.8) is 0 Å². The molecule has 11 heteroatoms. The van der Waals surface area contributed by atoms with Crippen LogP contribution in [-0.4, -0.2) is 59.4 Å². The van der Waals surface area contributed by atoms with Gasteiger partial charge in [0.1, 0.15) is 18.6 Å². The first-order chi connectivity index (χ1) is 12.4. The standard InChI is InChI=1S/C16H29N5O6/c1-8(2)6-11(16(27)19-7-13(23)24)21-14(25)9(3)20-15(26)10(17)4-5-12(18)22/h8-11H,4-7,17H2,1-3H3,(H2,18,22)(H,19,27)(H,20,26)(H,21,25)(H,23,24). The molecule has 0 bridgehead atoms. The number of hydrogen-bond acceptors (Lipinski definition) is 6. The topological polar surface area (TPSA) is 194 Å². The third-order valence-electron chi connectivity index (χ3n) is 3.54. The van der Waals surface area contributed by atoms with Gasteiger partial charge < -0.3 is 32.5 Å². The van der Waals surface area contributed by atoms with Crippen LogP contribution in [0.1, 0.15) is 40.0 Å². The van der Waals surface area contributed by atoms with Gasteiger partial charge in [0, 0.05) is 6.42 Å². The van der Waals surface area contributed by atoms with Crippen LogP contribution in [0.2, 0.25) is 0 Å². The van der Waals surface area contributed by atoms with Crippen LogP contribution in [-0.2, 0) is 24.0 Å². The molecule has 11 nitrogen and oxygen atoms in total. The maximum atomic E-state index is 12.3. The lowest BCUT2D eigenvalue weighted by Crippen LogP contribution is -2.55. The summed E-state index contributed by atoms with van der Waals surface area (Å²) in [6, 6.07) is -2.93. The quantitative estimate of drug-likeness (QED) is 0.219. The van der Waals surface area contributed by atoms with E-state index in [1.807, 2.05) is 13.8 Å². The molecule has 0 aromatic rings. The summed E-state index contributed by atoms with van der Waals surface area (Å²) in [6.45, 7) is 4.53. The molecule has 3 atom stereocenters. The molecule has 27 heavy (non-hydrogen) atoms. The molecule has 4 amide bonds. The van der Waals surface area contributed by atoms with Gasteiger partial charge in [-0.15, -0.1) is 0 Å². The van der Waals surface area contributed by atoms with Crippen LogP contribution in [0.25, 0.3) is 0 Å². The number of amides is 4. The van der Waals surface area contributed by atoms with Crippen LogP contribution < -0.4 is 27.4 Å². The minimum Gasteiger partial charge on any atom is -0.480 e. The monoisotopic (exact) mass is 387 g/mol. The number of carboxylic acid groups (broad SMARTS) is 1. The normalized spacial score (nSPS) is 14.0. The number of primary amides is 1. The zero-order valence-corrected chi connectivity index (χ0v) is 15.8. The Bertz CT molecular complexity index is 566. The first kappa shape index (κ1) is 24.3. The molecule has 0 aliphatic carbocycles. The average molecular weight is 387 g/mol. The molecule has 154 valence electrons. The SMILES string of the molecule is CC(C)CC(NC(=O)C(C)NC(=O)C(N)CCC(N)=O)C(=O)NCC(=O)O. The number of aliphatic carboxylic acids is 1. The number of carbonyl (C=O) groups excluding carboxylic acids is 4. The number of nitrogens with two attached hydrogens (primary N) is 2. The third kappa shape index (κ3) is 10.8. The Morgan fingerprint density at radius 1 is 0.963 bits per heavy atom. The van der Waals surface area contributed by atoms with E-state index in [2.05, 4.69) is 16.0 Å². The van der Waals surface area contributed by atoms with Crippen molar-refractivity contribution in [3.05, 3.63) is 0 Å². The lowest BCUT2D eigenvalue weighted by Gasteiger charge is -2.23. The lowest BCUT2D eigenvalue weighted by atomic mass is 10.0. The van der Waals surface area contributed by atoms with Gasteiger partial charge in [0.2, 0.25) is 23.6 Å². The van der Waals surface area contributed by atoms with Crippen LogP contribution in [0.15, 0.2) is 0 Å². The van der Waals surface area contributed by atoms with Crippen molar-refractivity contribution < 1.29 is 29.1 Å². The largest absolute Gasteiger partial charge is 0.480 e. The zero-order valence-electron chi connectivity index (χ0n) is 15.8. The van der Waals surface area contributed by atoms with Crippen LogP contribution in [0, 0.1) is 5.92 Å². The van der Waals surface area contributed by atoms with Gasteiger partial charge in [-0.2, -0.15) is 0 Å². The van der Waals surface area contributed by atoms with Gasteiger partial charge in [-0.25, -0.2) is 0 Å². The average Bonchev–Trinajstić information content (AvgIpc) is 2.55. The van der Waals surface area contributed by atoms with E-state index in [4.69, 9.17) is 16.6 Å². The lowest BCUT2D eigenvalue weighted by molar-refractivity contribution is -0.138. The zero-order chi connectivity index (χ0) is 21.1. The van der Waals surface area contributed by atoms with Gasteiger partial charge in [0.05, 0.1) is 6.04 Å². The van der Waals surface area contributed by atoms with E-state index >= 15 is 0 Å². The highest BCUT2D eigenvalue weighted by Crippen LogP contribution is 2.05. The second kappa shape index (κ2) is 11.8. The Balaban J connectivity index is 4.75. The van der Waals surface area contributed by atoms with E-state index in [1.54, 1.807) is 0 Å². The first-order valence-electron chi connectivity index (χ1n) is 8.58. The molecule has 0 radical (unpaired) electrons. The van der Waals surface area contributed by atoms with E-state index in [1.165, 1.54) is 6.92 Å². The summed E-state index contributed by atoms with van der Waals surface area (Å²) in [7, 11) is 0. The summed E-state index contributed by atoms with van der Waals surface area (Å²) < 4.78 is 0. The molecule has 0 saturated carbocycles. The number of hydrogen-bond donors (Lipinski definition) is 6. The van der Waals surface area contributed by atoms with Crippen molar-refractivity contribution in [3.8, 4) is 0 Å². The van der Waals surface area contributed by atoms with Gasteiger partial charge in [-0.3, -0.25) is 24.0 Å². The Morgan fingerprint density at radius 2 is 1.56 bits per heavy atom. The molecular weight excluding hydrogens is 358 g/mol. The molecule has 0 fully saturated rings. The van der Waals surface area contributed by atoms with Gasteiger partial charge in [-0.05, 0) is 25.7 Å². The Morgan fingerprint density at radius 3 is 2.04 bits per heavy atom.